The van der Waals surface area contributed by atoms with E-state index in [1.807, 2.05) is 0 Å². The average Bonchev–Trinajstić information content (AvgIpc) is 2.70. The third-order valence-corrected chi connectivity index (χ3v) is 6.88. The summed E-state index contributed by atoms with van der Waals surface area (Å²) in [5, 5.41) is 13.7. The Morgan fingerprint density at radius 3 is 2.23 bits per heavy atom. The van der Waals surface area contributed by atoms with Crippen molar-refractivity contribution in [3.63, 3.8) is 0 Å². The Hall–Kier alpha value is -2.97. The molecule has 3 amide bonds. The molecule has 0 aliphatic heterocycles. The van der Waals surface area contributed by atoms with Crippen LogP contribution in [0, 0.1) is 33.3 Å². The second kappa shape index (κ2) is 7.70. The number of nitrogens with one attached hydrogen (secondary N) is 3. The first-order valence-electron chi connectivity index (χ1n) is 10.4. The van der Waals surface area contributed by atoms with Crippen molar-refractivity contribution in [2.45, 2.75) is 51.5 Å². The first kappa shape index (κ1) is 20.3. The summed E-state index contributed by atoms with van der Waals surface area (Å²) in [7, 11) is 0. The van der Waals surface area contributed by atoms with Crippen LogP contribution in [0.15, 0.2) is 24.3 Å². The number of amides is 3. The van der Waals surface area contributed by atoms with Crippen LogP contribution < -0.4 is 16.2 Å². The summed E-state index contributed by atoms with van der Waals surface area (Å²) in [6.07, 6.45) is 6.40. The van der Waals surface area contributed by atoms with Gasteiger partial charge in [0.05, 0.1) is 4.92 Å². The van der Waals surface area contributed by atoms with Gasteiger partial charge in [-0.15, -0.1) is 0 Å². The van der Waals surface area contributed by atoms with E-state index in [4.69, 9.17) is 0 Å². The van der Waals surface area contributed by atoms with Gasteiger partial charge in [-0.3, -0.25) is 35.3 Å². The van der Waals surface area contributed by atoms with E-state index in [1.54, 1.807) is 6.92 Å². The molecule has 4 saturated carbocycles. The largest absolute Gasteiger partial charge is 0.344 e. The summed E-state index contributed by atoms with van der Waals surface area (Å²) < 4.78 is 0. The van der Waals surface area contributed by atoms with Crippen LogP contribution in [0.2, 0.25) is 0 Å². The molecule has 0 saturated heterocycles. The normalized spacial score (nSPS) is 29.7. The van der Waals surface area contributed by atoms with E-state index in [1.165, 1.54) is 37.5 Å². The minimum atomic E-state index is -0.809. The van der Waals surface area contributed by atoms with Crippen molar-refractivity contribution in [2.75, 3.05) is 0 Å². The number of rotatable bonds is 5. The lowest BCUT2D eigenvalue weighted by atomic mass is 9.49. The minimum absolute atomic E-state index is 0.0507. The summed E-state index contributed by atoms with van der Waals surface area (Å²) >= 11 is 0. The molecule has 0 radical (unpaired) electrons. The van der Waals surface area contributed by atoms with Crippen molar-refractivity contribution >= 4 is 23.4 Å². The number of nitrogens with zero attached hydrogens (tertiary/aromatic N) is 1. The van der Waals surface area contributed by atoms with Crippen molar-refractivity contribution in [1.29, 1.82) is 0 Å². The Balaban J connectivity index is 1.31. The molecule has 1 atom stereocenters. The number of nitro benzene ring substituents is 1. The van der Waals surface area contributed by atoms with Gasteiger partial charge in [0.15, 0.2) is 0 Å². The van der Waals surface area contributed by atoms with E-state index in [9.17, 15) is 24.5 Å². The summed E-state index contributed by atoms with van der Waals surface area (Å²) in [4.78, 5) is 47.8. The molecule has 30 heavy (non-hydrogen) atoms. The van der Waals surface area contributed by atoms with E-state index >= 15 is 0 Å². The van der Waals surface area contributed by atoms with Crippen molar-refractivity contribution in [1.82, 2.24) is 16.2 Å². The van der Waals surface area contributed by atoms with E-state index in [2.05, 4.69) is 16.2 Å². The fraction of sp³-hybridized carbons (Fsp3) is 0.571. The second-order valence-corrected chi connectivity index (χ2v) is 9.14. The number of carbonyl (C=O) groups is 3. The zero-order valence-corrected chi connectivity index (χ0v) is 16.8. The number of hydrogen-bond acceptors (Lipinski definition) is 5. The number of nitro groups is 1. The number of hydrazine groups is 1. The Morgan fingerprint density at radius 2 is 1.67 bits per heavy atom. The van der Waals surface area contributed by atoms with E-state index in [-0.39, 0.29) is 22.6 Å². The lowest BCUT2D eigenvalue weighted by molar-refractivity contribution is -0.384. The SMILES string of the molecule is C[C@H](NC(=O)C12CC3CC(CC(C3)C1)C2)C(=O)NNC(=O)c1cccc([N+](=O)[O-])c1. The Morgan fingerprint density at radius 1 is 1.07 bits per heavy atom. The fourth-order valence-corrected chi connectivity index (χ4v) is 5.86. The lowest BCUT2D eigenvalue weighted by Gasteiger charge is -2.55. The highest BCUT2D eigenvalue weighted by Crippen LogP contribution is 2.60. The highest BCUT2D eigenvalue weighted by atomic mass is 16.6. The van der Waals surface area contributed by atoms with E-state index in [0.717, 1.165) is 25.3 Å². The van der Waals surface area contributed by atoms with Gasteiger partial charge in [0.1, 0.15) is 6.04 Å². The molecule has 0 spiro atoms. The number of non-ortho nitro benzene ring substituents is 1. The highest BCUT2D eigenvalue weighted by molar-refractivity contribution is 5.97. The molecule has 5 rings (SSSR count). The molecule has 0 aromatic heterocycles. The summed E-state index contributed by atoms with van der Waals surface area (Å²) in [5.41, 5.74) is 4.01. The monoisotopic (exact) mass is 414 g/mol. The van der Waals surface area contributed by atoms with E-state index < -0.39 is 22.8 Å². The zero-order valence-electron chi connectivity index (χ0n) is 16.8. The van der Waals surface area contributed by atoms with Crippen LogP contribution in [0.25, 0.3) is 0 Å². The van der Waals surface area contributed by atoms with Crippen molar-refractivity contribution in [3.05, 3.63) is 39.9 Å². The Kier molecular flexibility index (Phi) is 5.21. The molecule has 9 nitrogen and oxygen atoms in total. The first-order valence-corrected chi connectivity index (χ1v) is 10.4. The van der Waals surface area contributed by atoms with Gasteiger partial charge in [0.25, 0.3) is 17.5 Å². The standard InChI is InChI=1S/C21H26N4O5/c1-12(18(26)23-24-19(27)16-3-2-4-17(8-16)25(29)30)22-20(28)21-9-13-5-14(10-21)7-15(6-13)11-21/h2-4,8,12-15H,5-7,9-11H2,1H3,(H,22,28)(H,23,26)(H,24,27)/t12-,13?,14?,15?,21?/m0/s1. The number of hydrogen-bond donors (Lipinski definition) is 3. The average molecular weight is 414 g/mol. The van der Waals surface area contributed by atoms with Gasteiger partial charge in [-0.05, 0) is 69.3 Å². The molecule has 4 bridgehead atoms. The predicted molar refractivity (Wildman–Crippen MR) is 107 cm³/mol. The molecule has 9 heteroatoms. The molecular weight excluding hydrogens is 388 g/mol. The molecule has 160 valence electrons. The molecule has 0 heterocycles. The van der Waals surface area contributed by atoms with Crippen LogP contribution in [0.3, 0.4) is 0 Å². The fourth-order valence-electron chi connectivity index (χ4n) is 5.86. The van der Waals surface area contributed by atoms with Crippen LogP contribution in [-0.4, -0.2) is 28.7 Å². The van der Waals surface area contributed by atoms with Gasteiger partial charge in [-0.1, -0.05) is 6.07 Å². The van der Waals surface area contributed by atoms with Crippen molar-refractivity contribution in [3.8, 4) is 0 Å². The van der Waals surface area contributed by atoms with Gasteiger partial charge in [0, 0.05) is 23.1 Å². The van der Waals surface area contributed by atoms with Crippen molar-refractivity contribution < 1.29 is 19.3 Å². The van der Waals surface area contributed by atoms with Gasteiger partial charge in [-0.2, -0.15) is 0 Å². The molecule has 3 N–H and O–H groups in total. The number of carbonyl (C=O) groups excluding carboxylic acids is 3. The van der Waals surface area contributed by atoms with Gasteiger partial charge in [0.2, 0.25) is 5.91 Å². The molecule has 4 aliphatic rings. The quantitative estimate of drug-likeness (QED) is 0.502. The molecule has 4 fully saturated rings. The highest BCUT2D eigenvalue weighted by Gasteiger charge is 2.54. The molecule has 4 aliphatic carbocycles. The first-order chi connectivity index (χ1) is 14.3. The third kappa shape index (κ3) is 3.88. The molecule has 1 aromatic carbocycles. The van der Waals surface area contributed by atoms with Gasteiger partial charge < -0.3 is 5.32 Å². The van der Waals surface area contributed by atoms with Crippen molar-refractivity contribution in [2.24, 2.45) is 23.2 Å². The summed E-state index contributed by atoms with van der Waals surface area (Å²) in [5.74, 6) is 0.592. The van der Waals surface area contributed by atoms with Crippen LogP contribution >= 0.6 is 0 Å². The van der Waals surface area contributed by atoms with Crippen LogP contribution in [0.1, 0.15) is 55.8 Å². The number of benzene rings is 1. The lowest BCUT2D eigenvalue weighted by Crippen LogP contribution is -2.57. The van der Waals surface area contributed by atoms with Crippen LogP contribution in [0.5, 0.6) is 0 Å². The maximum atomic E-state index is 13.0. The smallest absolute Gasteiger partial charge is 0.270 e. The zero-order chi connectivity index (χ0) is 21.5. The maximum absolute atomic E-state index is 13.0. The molecular formula is C21H26N4O5. The van der Waals surface area contributed by atoms with Crippen LogP contribution in [0.4, 0.5) is 5.69 Å². The third-order valence-electron chi connectivity index (χ3n) is 6.88. The molecule has 1 aromatic rings. The summed E-state index contributed by atoms with van der Waals surface area (Å²) in [6, 6.07) is 4.39. The van der Waals surface area contributed by atoms with Gasteiger partial charge >= 0.3 is 0 Å². The van der Waals surface area contributed by atoms with Crippen LogP contribution in [-0.2, 0) is 9.59 Å². The van der Waals surface area contributed by atoms with E-state index in [0.29, 0.717) is 17.8 Å². The topological polar surface area (TPSA) is 130 Å². The molecule has 0 unspecified atom stereocenters. The predicted octanol–water partition coefficient (Wildman–Crippen LogP) is 2.08. The second-order valence-electron chi connectivity index (χ2n) is 9.14. The van der Waals surface area contributed by atoms with Gasteiger partial charge in [-0.25, -0.2) is 0 Å². The maximum Gasteiger partial charge on any atom is 0.270 e. The Bertz CT molecular complexity index is 864. The Labute approximate surface area is 174 Å². The minimum Gasteiger partial charge on any atom is -0.344 e. The summed E-state index contributed by atoms with van der Waals surface area (Å²) in [6.45, 7) is 1.58.